The maximum atomic E-state index is 14.1. The molecule has 2 aromatic carbocycles. The van der Waals surface area contributed by atoms with Gasteiger partial charge in [-0.15, -0.1) is 0 Å². The minimum Gasteiger partial charge on any atom is -0.467 e. The first-order valence-corrected chi connectivity index (χ1v) is 14.2. The van der Waals surface area contributed by atoms with Crippen molar-refractivity contribution >= 4 is 12.3 Å². The molecule has 0 amide bonds. The lowest BCUT2D eigenvalue weighted by atomic mass is 9.68. The molecule has 0 radical (unpaired) electrons. The molecule has 4 unspecified atom stereocenters. The maximum Gasteiger partial charge on any atom is 0.335 e. The highest BCUT2D eigenvalue weighted by molar-refractivity contribution is 5.86. The number of aliphatic imine (C=N–C) groups is 1. The number of ether oxygens (including phenoxy) is 1. The van der Waals surface area contributed by atoms with E-state index >= 15 is 0 Å². The number of nitrogens with zero attached hydrogens (tertiary/aromatic N) is 3. The van der Waals surface area contributed by atoms with Gasteiger partial charge in [-0.05, 0) is 88.2 Å². The van der Waals surface area contributed by atoms with Crippen LogP contribution in [0.15, 0.2) is 59.6 Å². The Labute approximate surface area is 228 Å². The summed E-state index contributed by atoms with van der Waals surface area (Å²) in [5.74, 6) is 0.332. The average molecular weight is 522 g/mol. The molecule has 1 saturated carbocycles. The summed E-state index contributed by atoms with van der Waals surface area (Å²) in [6, 6.07) is 17.7. The Hall–Kier alpha value is -2.73. The third-order valence-corrected chi connectivity index (χ3v) is 8.87. The second kappa shape index (κ2) is 12.4. The standard InChI is InChI=1S/C32H44FN3O2/c1-6-7-20-32(31(37)38-5)30(36(22-34-32)23(2)24-12-9-8-10-13-24)26-18-16-25(17-19-26)29(35(3)4)27-14-11-15-28(33)21-27/h8-15,21-23,25-26,29-30H,6-7,16-20H2,1-5H3. The van der Waals surface area contributed by atoms with Crippen LogP contribution in [0.5, 0.6) is 0 Å². The fourth-order valence-electron chi connectivity index (χ4n) is 7.01. The fourth-order valence-corrected chi connectivity index (χ4v) is 7.01. The number of carbonyl (C=O) groups is 1. The van der Waals surface area contributed by atoms with Crippen molar-refractivity contribution in [2.75, 3.05) is 21.2 Å². The quantitative estimate of drug-likeness (QED) is 0.322. The van der Waals surface area contributed by atoms with Crippen LogP contribution in [-0.2, 0) is 9.53 Å². The first kappa shape index (κ1) is 28.3. The van der Waals surface area contributed by atoms with Crippen molar-refractivity contribution in [2.45, 2.75) is 82.5 Å². The lowest BCUT2D eigenvalue weighted by Crippen LogP contribution is -2.56. The molecule has 0 aromatic heterocycles. The van der Waals surface area contributed by atoms with Gasteiger partial charge in [0.15, 0.2) is 5.54 Å². The molecule has 6 heteroatoms. The summed E-state index contributed by atoms with van der Waals surface area (Å²) in [5.41, 5.74) is 1.37. The largest absolute Gasteiger partial charge is 0.467 e. The zero-order chi connectivity index (χ0) is 27.3. The van der Waals surface area contributed by atoms with E-state index < -0.39 is 5.54 Å². The number of carbonyl (C=O) groups excluding carboxylic acids is 1. The van der Waals surface area contributed by atoms with Crippen molar-refractivity contribution < 1.29 is 13.9 Å². The summed E-state index contributed by atoms with van der Waals surface area (Å²) in [7, 11) is 5.66. The molecule has 0 saturated heterocycles. The van der Waals surface area contributed by atoms with Gasteiger partial charge in [-0.1, -0.05) is 62.2 Å². The van der Waals surface area contributed by atoms with Crippen LogP contribution in [0.2, 0.25) is 0 Å². The number of halogens is 1. The van der Waals surface area contributed by atoms with Gasteiger partial charge in [0.1, 0.15) is 5.82 Å². The van der Waals surface area contributed by atoms with Crippen LogP contribution < -0.4 is 0 Å². The van der Waals surface area contributed by atoms with Gasteiger partial charge in [-0.25, -0.2) is 9.18 Å². The van der Waals surface area contributed by atoms with Gasteiger partial charge in [-0.2, -0.15) is 0 Å². The van der Waals surface area contributed by atoms with Crippen molar-refractivity contribution in [1.82, 2.24) is 9.80 Å². The summed E-state index contributed by atoms with van der Waals surface area (Å²) >= 11 is 0. The topological polar surface area (TPSA) is 45.1 Å². The monoisotopic (exact) mass is 521 g/mol. The van der Waals surface area contributed by atoms with Gasteiger partial charge in [0.25, 0.3) is 0 Å². The molecule has 0 N–H and O–H groups in total. The number of esters is 1. The molecule has 4 rings (SSSR count). The third-order valence-electron chi connectivity index (χ3n) is 8.87. The highest BCUT2D eigenvalue weighted by atomic mass is 19.1. The van der Waals surface area contributed by atoms with Gasteiger partial charge in [0.2, 0.25) is 0 Å². The van der Waals surface area contributed by atoms with E-state index in [0.29, 0.717) is 18.3 Å². The molecule has 38 heavy (non-hydrogen) atoms. The molecule has 4 atom stereocenters. The molecule has 0 bridgehead atoms. The van der Waals surface area contributed by atoms with Crippen LogP contribution >= 0.6 is 0 Å². The number of benzene rings is 2. The lowest BCUT2D eigenvalue weighted by Gasteiger charge is -2.46. The summed E-state index contributed by atoms with van der Waals surface area (Å²) in [6.45, 7) is 4.36. The Balaban J connectivity index is 1.62. The van der Waals surface area contributed by atoms with E-state index in [1.54, 1.807) is 6.07 Å². The first-order chi connectivity index (χ1) is 18.3. The lowest BCUT2D eigenvalue weighted by molar-refractivity contribution is -0.150. The Bertz CT molecular complexity index is 1080. The molecular weight excluding hydrogens is 477 g/mol. The first-order valence-electron chi connectivity index (χ1n) is 14.2. The maximum absolute atomic E-state index is 14.1. The molecule has 1 aliphatic carbocycles. The van der Waals surface area contributed by atoms with Crippen LogP contribution in [0.1, 0.15) is 82.0 Å². The number of hydrogen-bond acceptors (Lipinski definition) is 5. The van der Waals surface area contributed by atoms with Crippen LogP contribution in [-0.4, -0.2) is 54.9 Å². The zero-order valence-corrected chi connectivity index (χ0v) is 23.6. The summed E-state index contributed by atoms with van der Waals surface area (Å²) in [6.07, 6.45) is 8.60. The SMILES string of the molecule is CCCCC1(C(=O)OC)N=CN(C(C)c2ccccc2)C1C1CCC(C(c2cccc(F)c2)N(C)C)CC1. The second-order valence-corrected chi connectivity index (χ2v) is 11.4. The van der Waals surface area contributed by atoms with Crippen molar-refractivity contribution in [3.63, 3.8) is 0 Å². The second-order valence-electron chi connectivity index (χ2n) is 11.4. The molecule has 1 fully saturated rings. The normalized spacial score (nSPS) is 26.9. The van der Waals surface area contributed by atoms with Gasteiger partial charge in [0.05, 0.1) is 25.5 Å². The third kappa shape index (κ3) is 5.66. The van der Waals surface area contributed by atoms with E-state index in [-0.39, 0.29) is 29.9 Å². The molecule has 206 valence electrons. The minimum atomic E-state index is -0.880. The van der Waals surface area contributed by atoms with Gasteiger partial charge < -0.3 is 14.5 Å². The summed E-state index contributed by atoms with van der Waals surface area (Å²) in [4.78, 5) is 23.0. The summed E-state index contributed by atoms with van der Waals surface area (Å²) in [5, 5.41) is 0. The van der Waals surface area contributed by atoms with E-state index in [2.05, 4.69) is 62.0 Å². The highest BCUT2D eigenvalue weighted by Gasteiger charge is 2.56. The smallest absolute Gasteiger partial charge is 0.335 e. The number of methoxy groups -OCH3 is 1. The molecule has 0 spiro atoms. The molecule has 2 aromatic rings. The predicted octanol–water partition coefficient (Wildman–Crippen LogP) is 6.81. The number of unbranched alkanes of at least 4 members (excludes halogenated alkanes) is 1. The van der Waals surface area contributed by atoms with E-state index in [1.807, 2.05) is 24.5 Å². The molecule has 2 aliphatic rings. The molecule has 1 aliphatic heterocycles. The van der Waals surface area contributed by atoms with Crippen LogP contribution in [0.3, 0.4) is 0 Å². The Morgan fingerprint density at radius 3 is 2.39 bits per heavy atom. The Kier molecular flexibility index (Phi) is 9.24. The Morgan fingerprint density at radius 2 is 1.79 bits per heavy atom. The molecule has 1 heterocycles. The van der Waals surface area contributed by atoms with Crippen LogP contribution in [0.4, 0.5) is 4.39 Å². The van der Waals surface area contributed by atoms with Crippen LogP contribution in [0, 0.1) is 17.7 Å². The zero-order valence-electron chi connectivity index (χ0n) is 23.6. The average Bonchev–Trinajstić information content (AvgIpc) is 3.32. The van der Waals surface area contributed by atoms with E-state index in [0.717, 1.165) is 44.1 Å². The van der Waals surface area contributed by atoms with Gasteiger partial charge in [-0.3, -0.25) is 4.99 Å². The van der Waals surface area contributed by atoms with E-state index in [9.17, 15) is 9.18 Å². The number of rotatable bonds is 10. The fraction of sp³-hybridized carbons (Fsp3) is 0.562. The minimum absolute atomic E-state index is 0.0513. The van der Waals surface area contributed by atoms with Crippen LogP contribution in [0.25, 0.3) is 0 Å². The predicted molar refractivity (Wildman–Crippen MR) is 152 cm³/mol. The van der Waals surface area contributed by atoms with Crippen molar-refractivity contribution in [3.05, 3.63) is 71.5 Å². The van der Waals surface area contributed by atoms with Crippen molar-refractivity contribution in [2.24, 2.45) is 16.8 Å². The van der Waals surface area contributed by atoms with Crippen molar-refractivity contribution in [1.29, 1.82) is 0 Å². The highest BCUT2D eigenvalue weighted by Crippen LogP contribution is 2.47. The number of hydrogen-bond donors (Lipinski definition) is 0. The van der Waals surface area contributed by atoms with Gasteiger partial charge >= 0.3 is 5.97 Å². The molecule has 5 nitrogen and oxygen atoms in total. The van der Waals surface area contributed by atoms with E-state index in [1.165, 1.54) is 18.7 Å². The molecular formula is C32H44FN3O2. The van der Waals surface area contributed by atoms with Gasteiger partial charge in [0, 0.05) is 6.04 Å². The Morgan fingerprint density at radius 1 is 1.11 bits per heavy atom. The van der Waals surface area contributed by atoms with Crippen molar-refractivity contribution in [3.8, 4) is 0 Å². The van der Waals surface area contributed by atoms with E-state index in [4.69, 9.17) is 9.73 Å². The summed E-state index contributed by atoms with van der Waals surface area (Å²) < 4.78 is 19.5.